The molecule has 2 aliphatic rings. The van der Waals surface area contributed by atoms with E-state index in [1.807, 2.05) is 0 Å². The Morgan fingerprint density at radius 2 is 2.00 bits per heavy atom. The fraction of sp³-hybridized carbons (Fsp3) is 1.00. The van der Waals surface area contributed by atoms with Gasteiger partial charge < -0.3 is 10.4 Å². The van der Waals surface area contributed by atoms with Gasteiger partial charge in [-0.1, -0.05) is 19.3 Å². The summed E-state index contributed by atoms with van der Waals surface area (Å²) in [5.74, 6) is 1.38. The highest BCUT2D eigenvalue weighted by atomic mass is 16.3. The van der Waals surface area contributed by atoms with Crippen molar-refractivity contribution in [3.8, 4) is 0 Å². The standard InChI is InChI=1S/C11H21NO/c13-8-9-6-10-4-2-1-3-5-11(10)12-7-9/h9-13H,1-8H2. The van der Waals surface area contributed by atoms with Gasteiger partial charge in [-0.2, -0.15) is 0 Å². The predicted molar refractivity (Wildman–Crippen MR) is 53.6 cm³/mol. The fourth-order valence-corrected chi connectivity index (χ4v) is 2.90. The molecular formula is C11H21NO. The number of rotatable bonds is 1. The second-order valence-corrected chi connectivity index (χ2v) is 4.70. The van der Waals surface area contributed by atoms with Gasteiger partial charge in [0.1, 0.15) is 0 Å². The van der Waals surface area contributed by atoms with Crippen molar-refractivity contribution >= 4 is 0 Å². The number of aliphatic hydroxyl groups is 1. The average Bonchev–Trinajstić information content (AvgIpc) is 2.41. The van der Waals surface area contributed by atoms with E-state index in [9.17, 15) is 0 Å². The van der Waals surface area contributed by atoms with Crippen LogP contribution in [0.2, 0.25) is 0 Å². The Kier molecular flexibility index (Phi) is 3.23. The highest BCUT2D eigenvalue weighted by molar-refractivity contribution is 4.86. The largest absolute Gasteiger partial charge is 0.396 e. The smallest absolute Gasteiger partial charge is 0.0471 e. The molecule has 1 heterocycles. The first-order chi connectivity index (χ1) is 6.40. The SMILES string of the molecule is OCC1CNC2CCCCCC2C1. The van der Waals surface area contributed by atoms with Gasteiger partial charge >= 0.3 is 0 Å². The zero-order chi connectivity index (χ0) is 9.10. The molecule has 0 aromatic heterocycles. The van der Waals surface area contributed by atoms with Crippen LogP contribution >= 0.6 is 0 Å². The molecule has 0 aromatic carbocycles. The molecule has 76 valence electrons. The third-order valence-corrected chi connectivity index (χ3v) is 3.72. The molecule has 0 bridgehead atoms. The maximum absolute atomic E-state index is 9.11. The molecule has 2 rings (SSSR count). The van der Waals surface area contributed by atoms with Crippen LogP contribution in [-0.4, -0.2) is 24.3 Å². The van der Waals surface area contributed by atoms with Crippen LogP contribution in [0.15, 0.2) is 0 Å². The molecule has 0 spiro atoms. The van der Waals surface area contributed by atoms with E-state index in [-0.39, 0.29) is 0 Å². The van der Waals surface area contributed by atoms with Crippen molar-refractivity contribution in [1.82, 2.24) is 5.32 Å². The molecule has 3 unspecified atom stereocenters. The van der Waals surface area contributed by atoms with Crippen LogP contribution in [0, 0.1) is 11.8 Å². The second kappa shape index (κ2) is 4.43. The van der Waals surface area contributed by atoms with Crippen LogP contribution in [0.3, 0.4) is 0 Å². The predicted octanol–water partition coefficient (Wildman–Crippen LogP) is 1.54. The quantitative estimate of drug-likeness (QED) is 0.646. The van der Waals surface area contributed by atoms with Crippen molar-refractivity contribution in [1.29, 1.82) is 0 Å². The lowest BCUT2D eigenvalue weighted by molar-refractivity contribution is 0.140. The minimum absolute atomic E-state index is 0.371. The molecule has 0 radical (unpaired) electrons. The second-order valence-electron chi connectivity index (χ2n) is 4.70. The van der Waals surface area contributed by atoms with Crippen molar-refractivity contribution < 1.29 is 5.11 Å². The first-order valence-corrected chi connectivity index (χ1v) is 5.74. The van der Waals surface area contributed by atoms with Crippen LogP contribution < -0.4 is 5.32 Å². The first kappa shape index (κ1) is 9.47. The van der Waals surface area contributed by atoms with Gasteiger partial charge in [0.05, 0.1) is 0 Å². The van der Waals surface area contributed by atoms with Gasteiger partial charge in [-0.3, -0.25) is 0 Å². The van der Waals surface area contributed by atoms with E-state index in [0.29, 0.717) is 12.5 Å². The number of fused-ring (bicyclic) bond motifs is 1. The van der Waals surface area contributed by atoms with Gasteiger partial charge in [0, 0.05) is 19.2 Å². The third kappa shape index (κ3) is 2.23. The van der Waals surface area contributed by atoms with Gasteiger partial charge in [0.2, 0.25) is 0 Å². The van der Waals surface area contributed by atoms with Crippen LogP contribution in [0.1, 0.15) is 38.5 Å². The Bertz CT molecular complexity index is 160. The Hall–Kier alpha value is -0.0800. The highest BCUT2D eigenvalue weighted by Gasteiger charge is 2.30. The first-order valence-electron chi connectivity index (χ1n) is 5.74. The molecular weight excluding hydrogens is 162 g/mol. The highest BCUT2D eigenvalue weighted by Crippen LogP contribution is 2.31. The van der Waals surface area contributed by atoms with Gasteiger partial charge in [-0.05, 0) is 31.1 Å². The monoisotopic (exact) mass is 183 g/mol. The molecule has 1 saturated carbocycles. The molecule has 2 fully saturated rings. The minimum atomic E-state index is 0.371. The Morgan fingerprint density at radius 1 is 1.15 bits per heavy atom. The topological polar surface area (TPSA) is 32.3 Å². The Balaban J connectivity index is 1.91. The molecule has 1 saturated heterocycles. The van der Waals surface area contributed by atoms with Crippen molar-refractivity contribution in [2.75, 3.05) is 13.2 Å². The minimum Gasteiger partial charge on any atom is -0.396 e. The number of aliphatic hydroxyl groups excluding tert-OH is 1. The summed E-state index contributed by atoms with van der Waals surface area (Å²) in [6, 6.07) is 0.769. The van der Waals surface area contributed by atoms with Gasteiger partial charge in [0.15, 0.2) is 0 Å². The van der Waals surface area contributed by atoms with Crippen LogP contribution in [0.25, 0.3) is 0 Å². The molecule has 0 amide bonds. The summed E-state index contributed by atoms with van der Waals surface area (Å²) < 4.78 is 0. The lowest BCUT2D eigenvalue weighted by Gasteiger charge is -2.35. The van der Waals surface area contributed by atoms with E-state index >= 15 is 0 Å². The molecule has 1 aliphatic carbocycles. The summed E-state index contributed by atoms with van der Waals surface area (Å²) in [6.45, 7) is 1.41. The summed E-state index contributed by atoms with van der Waals surface area (Å²) in [4.78, 5) is 0. The molecule has 2 N–H and O–H groups in total. The van der Waals surface area contributed by atoms with E-state index in [0.717, 1.165) is 18.5 Å². The van der Waals surface area contributed by atoms with Crippen molar-refractivity contribution in [3.63, 3.8) is 0 Å². The number of hydrogen-bond donors (Lipinski definition) is 2. The Labute approximate surface area is 80.7 Å². The number of piperidine rings is 1. The van der Waals surface area contributed by atoms with E-state index in [1.165, 1.54) is 38.5 Å². The summed E-state index contributed by atoms with van der Waals surface area (Å²) in [7, 11) is 0. The maximum atomic E-state index is 9.11. The molecule has 2 heteroatoms. The zero-order valence-corrected chi connectivity index (χ0v) is 8.34. The van der Waals surface area contributed by atoms with Crippen molar-refractivity contribution in [2.45, 2.75) is 44.6 Å². The third-order valence-electron chi connectivity index (χ3n) is 3.72. The molecule has 2 nitrogen and oxygen atoms in total. The fourth-order valence-electron chi connectivity index (χ4n) is 2.90. The van der Waals surface area contributed by atoms with E-state index in [1.54, 1.807) is 0 Å². The lowest BCUT2D eigenvalue weighted by Crippen LogP contribution is -2.45. The average molecular weight is 183 g/mol. The number of hydrogen-bond acceptors (Lipinski definition) is 2. The normalized spacial score (nSPS) is 40.8. The zero-order valence-electron chi connectivity index (χ0n) is 8.34. The van der Waals surface area contributed by atoms with Gasteiger partial charge in [-0.25, -0.2) is 0 Å². The Morgan fingerprint density at radius 3 is 2.85 bits per heavy atom. The summed E-state index contributed by atoms with van der Waals surface area (Å²) in [5.41, 5.74) is 0. The van der Waals surface area contributed by atoms with Crippen LogP contribution in [-0.2, 0) is 0 Å². The molecule has 3 atom stereocenters. The van der Waals surface area contributed by atoms with E-state index in [4.69, 9.17) is 5.11 Å². The van der Waals surface area contributed by atoms with Crippen LogP contribution in [0.5, 0.6) is 0 Å². The van der Waals surface area contributed by atoms with Gasteiger partial charge in [-0.15, -0.1) is 0 Å². The molecule has 1 aliphatic heterocycles. The maximum Gasteiger partial charge on any atom is 0.0471 e. The van der Waals surface area contributed by atoms with Crippen molar-refractivity contribution in [3.05, 3.63) is 0 Å². The summed E-state index contributed by atoms with van der Waals surface area (Å²) >= 11 is 0. The molecule has 13 heavy (non-hydrogen) atoms. The number of nitrogens with one attached hydrogen (secondary N) is 1. The summed E-state index contributed by atoms with van der Waals surface area (Å²) in [5, 5.41) is 12.7. The summed E-state index contributed by atoms with van der Waals surface area (Å²) in [6.07, 6.45) is 8.22. The van der Waals surface area contributed by atoms with E-state index in [2.05, 4.69) is 5.32 Å². The van der Waals surface area contributed by atoms with E-state index < -0.39 is 0 Å². The van der Waals surface area contributed by atoms with Crippen LogP contribution in [0.4, 0.5) is 0 Å². The molecule has 0 aromatic rings. The lowest BCUT2D eigenvalue weighted by atomic mass is 9.82. The van der Waals surface area contributed by atoms with Gasteiger partial charge in [0.25, 0.3) is 0 Å². The van der Waals surface area contributed by atoms with Crippen molar-refractivity contribution in [2.24, 2.45) is 11.8 Å².